The minimum absolute atomic E-state index is 0. The van der Waals surface area contributed by atoms with Gasteiger partial charge in [-0.15, -0.1) is 37.2 Å². The van der Waals surface area contributed by atoms with Crippen molar-refractivity contribution in [3.8, 4) is 0 Å². The first kappa shape index (κ1) is 25.4. The van der Waals surface area contributed by atoms with Crippen LogP contribution in [0, 0.1) is 0 Å². The predicted octanol–water partition coefficient (Wildman–Crippen LogP) is 2.07. The zero-order valence-corrected chi connectivity index (χ0v) is 17.7. The van der Waals surface area contributed by atoms with E-state index in [0.29, 0.717) is 6.54 Å². The van der Waals surface area contributed by atoms with Gasteiger partial charge in [0, 0.05) is 39.3 Å². The van der Waals surface area contributed by atoms with Gasteiger partial charge in [-0.2, -0.15) is 0 Å². The Morgan fingerprint density at radius 1 is 1.08 bits per heavy atom. The molecule has 2 N–H and O–H groups in total. The van der Waals surface area contributed by atoms with Crippen LogP contribution in [-0.2, 0) is 17.9 Å². The van der Waals surface area contributed by atoms with Crippen LogP contribution in [0.5, 0.6) is 0 Å². The smallest absolute Gasteiger partial charge is 0.237 e. The lowest BCUT2D eigenvalue weighted by Crippen LogP contribution is -2.43. The molecular weight excluding hydrogens is 395 g/mol. The lowest BCUT2D eigenvalue weighted by atomic mass is 10.1. The average molecular weight is 426 g/mol. The second-order valence-corrected chi connectivity index (χ2v) is 6.76. The fourth-order valence-electron chi connectivity index (χ4n) is 3.25. The molecule has 8 heteroatoms. The van der Waals surface area contributed by atoms with E-state index >= 15 is 0 Å². The Kier molecular flexibility index (Phi) is 12.5. The van der Waals surface area contributed by atoms with E-state index in [1.807, 2.05) is 0 Å². The molecule has 2 fully saturated rings. The third-order valence-corrected chi connectivity index (χ3v) is 4.87. The molecule has 150 valence electrons. The molecule has 1 aromatic rings. The summed E-state index contributed by atoms with van der Waals surface area (Å²) in [7, 11) is 2.18. The molecule has 1 aromatic carbocycles. The van der Waals surface area contributed by atoms with Crippen molar-refractivity contribution in [1.29, 1.82) is 0 Å². The lowest BCUT2D eigenvalue weighted by molar-refractivity contribution is -0.122. The fraction of sp³-hybridized carbons (Fsp3) is 0.611. The SMILES string of the molecule is CN1CCN(Cc2ccc(CNC(=O)C3CCCN3)cc2)CC1.Cl.Cl.Cl. The molecule has 1 atom stereocenters. The van der Waals surface area contributed by atoms with Crippen molar-refractivity contribution in [2.75, 3.05) is 39.8 Å². The number of nitrogens with zero attached hydrogens (tertiary/aromatic N) is 2. The number of hydrogen-bond acceptors (Lipinski definition) is 4. The first-order valence-electron chi connectivity index (χ1n) is 8.70. The Hall–Kier alpha value is -0.560. The van der Waals surface area contributed by atoms with Crippen LogP contribution in [0.3, 0.4) is 0 Å². The van der Waals surface area contributed by atoms with Crippen molar-refractivity contribution in [3.05, 3.63) is 35.4 Å². The van der Waals surface area contributed by atoms with E-state index in [-0.39, 0.29) is 49.2 Å². The van der Waals surface area contributed by atoms with Crippen molar-refractivity contribution >= 4 is 43.1 Å². The van der Waals surface area contributed by atoms with Crippen LogP contribution < -0.4 is 10.6 Å². The molecule has 0 bridgehead atoms. The highest BCUT2D eigenvalue weighted by Gasteiger charge is 2.21. The zero-order chi connectivity index (χ0) is 16.1. The largest absolute Gasteiger partial charge is 0.351 e. The molecule has 0 spiro atoms. The Morgan fingerprint density at radius 3 is 2.27 bits per heavy atom. The maximum atomic E-state index is 12.0. The molecule has 2 saturated heterocycles. The Bertz CT molecular complexity index is 516. The minimum Gasteiger partial charge on any atom is -0.351 e. The highest BCUT2D eigenvalue weighted by atomic mass is 35.5. The Labute approximate surface area is 175 Å². The second-order valence-electron chi connectivity index (χ2n) is 6.76. The third kappa shape index (κ3) is 7.59. The predicted molar refractivity (Wildman–Crippen MR) is 114 cm³/mol. The van der Waals surface area contributed by atoms with Gasteiger partial charge in [0.15, 0.2) is 0 Å². The van der Waals surface area contributed by atoms with Gasteiger partial charge in [0.2, 0.25) is 5.91 Å². The maximum absolute atomic E-state index is 12.0. The van der Waals surface area contributed by atoms with Gasteiger partial charge in [0.25, 0.3) is 0 Å². The van der Waals surface area contributed by atoms with Gasteiger partial charge in [0.1, 0.15) is 0 Å². The molecule has 5 nitrogen and oxygen atoms in total. The number of carbonyl (C=O) groups is 1. The lowest BCUT2D eigenvalue weighted by Gasteiger charge is -2.32. The molecule has 0 radical (unpaired) electrons. The highest BCUT2D eigenvalue weighted by molar-refractivity contribution is 5.86. The summed E-state index contributed by atoms with van der Waals surface area (Å²) in [4.78, 5) is 16.9. The molecule has 3 rings (SSSR count). The zero-order valence-electron chi connectivity index (χ0n) is 15.3. The molecule has 0 saturated carbocycles. The minimum atomic E-state index is 0. The van der Waals surface area contributed by atoms with Gasteiger partial charge in [-0.25, -0.2) is 0 Å². The first-order chi connectivity index (χ1) is 11.2. The normalized spacial score (nSPS) is 20.4. The van der Waals surface area contributed by atoms with Crippen LogP contribution in [0.25, 0.3) is 0 Å². The summed E-state index contributed by atoms with van der Waals surface area (Å²) in [5.74, 6) is 0.129. The molecule has 26 heavy (non-hydrogen) atoms. The van der Waals surface area contributed by atoms with Crippen LogP contribution in [-0.4, -0.2) is 61.5 Å². The molecule has 1 unspecified atom stereocenters. The number of likely N-dealkylation sites (N-methyl/N-ethyl adjacent to an activating group) is 1. The highest BCUT2D eigenvalue weighted by Crippen LogP contribution is 2.10. The van der Waals surface area contributed by atoms with Crippen LogP contribution in [0.4, 0.5) is 0 Å². The van der Waals surface area contributed by atoms with E-state index < -0.39 is 0 Å². The summed E-state index contributed by atoms with van der Waals surface area (Å²) in [6.07, 6.45) is 2.05. The van der Waals surface area contributed by atoms with E-state index in [2.05, 4.69) is 51.7 Å². The molecule has 0 aromatic heterocycles. The maximum Gasteiger partial charge on any atom is 0.237 e. The van der Waals surface area contributed by atoms with Crippen LogP contribution in [0.1, 0.15) is 24.0 Å². The summed E-state index contributed by atoms with van der Waals surface area (Å²) in [5.41, 5.74) is 2.51. The number of nitrogens with one attached hydrogen (secondary N) is 2. The van der Waals surface area contributed by atoms with Gasteiger partial charge in [0.05, 0.1) is 6.04 Å². The van der Waals surface area contributed by atoms with Crippen LogP contribution in [0.2, 0.25) is 0 Å². The summed E-state index contributed by atoms with van der Waals surface area (Å²) in [5, 5.41) is 6.26. The van der Waals surface area contributed by atoms with E-state index in [0.717, 1.165) is 52.1 Å². The number of benzene rings is 1. The van der Waals surface area contributed by atoms with Crippen LogP contribution in [0.15, 0.2) is 24.3 Å². The standard InChI is InChI=1S/C18H28N4O.3ClH/c1-21-9-11-22(12-10-21)14-16-6-4-15(5-7-16)13-20-18(23)17-3-2-8-19-17;;;/h4-7,17,19H,2-3,8-14H2,1H3,(H,20,23);3*1H. The summed E-state index contributed by atoms with van der Waals surface area (Å²) in [6, 6.07) is 8.65. The van der Waals surface area contributed by atoms with Crippen molar-refractivity contribution in [2.45, 2.75) is 32.0 Å². The van der Waals surface area contributed by atoms with Crippen LogP contribution >= 0.6 is 37.2 Å². The average Bonchev–Trinajstić information content (AvgIpc) is 3.11. The quantitative estimate of drug-likeness (QED) is 0.758. The topological polar surface area (TPSA) is 47.6 Å². The van der Waals surface area contributed by atoms with E-state index in [9.17, 15) is 4.79 Å². The number of rotatable bonds is 5. The monoisotopic (exact) mass is 424 g/mol. The molecule has 0 aliphatic carbocycles. The number of carbonyl (C=O) groups excluding carboxylic acids is 1. The number of halogens is 3. The summed E-state index contributed by atoms with van der Waals surface area (Å²) in [6.45, 7) is 7.18. The fourth-order valence-corrected chi connectivity index (χ4v) is 3.25. The molecule has 2 heterocycles. The van der Waals surface area contributed by atoms with Crippen molar-refractivity contribution in [2.24, 2.45) is 0 Å². The molecular formula is C18H31Cl3N4O. The van der Waals surface area contributed by atoms with Gasteiger partial charge in [-0.1, -0.05) is 24.3 Å². The van der Waals surface area contributed by atoms with E-state index in [1.54, 1.807) is 0 Å². The molecule has 1 amide bonds. The van der Waals surface area contributed by atoms with E-state index in [1.165, 1.54) is 11.1 Å². The number of hydrogen-bond donors (Lipinski definition) is 2. The van der Waals surface area contributed by atoms with Gasteiger partial charge in [-0.05, 0) is 37.6 Å². The second kappa shape index (κ2) is 12.8. The van der Waals surface area contributed by atoms with Gasteiger partial charge >= 0.3 is 0 Å². The molecule has 2 aliphatic heterocycles. The van der Waals surface area contributed by atoms with Crippen molar-refractivity contribution in [3.63, 3.8) is 0 Å². The van der Waals surface area contributed by atoms with Crippen molar-refractivity contribution in [1.82, 2.24) is 20.4 Å². The van der Waals surface area contributed by atoms with E-state index in [4.69, 9.17) is 0 Å². The number of amides is 1. The Balaban J connectivity index is 0.00000208. The van der Waals surface area contributed by atoms with Gasteiger partial charge < -0.3 is 15.5 Å². The third-order valence-electron chi connectivity index (χ3n) is 4.87. The number of piperazine rings is 1. The van der Waals surface area contributed by atoms with Crippen molar-refractivity contribution < 1.29 is 4.79 Å². The van der Waals surface area contributed by atoms with Gasteiger partial charge in [-0.3, -0.25) is 9.69 Å². The summed E-state index contributed by atoms with van der Waals surface area (Å²) >= 11 is 0. The summed E-state index contributed by atoms with van der Waals surface area (Å²) < 4.78 is 0. The molecule has 2 aliphatic rings. The Morgan fingerprint density at radius 2 is 1.69 bits per heavy atom. The first-order valence-corrected chi connectivity index (χ1v) is 8.70.